The van der Waals surface area contributed by atoms with Gasteiger partial charge in [0.15, 0.2) is 6.10 Å². The van der Waals surface area contributed by atoms with Crippen molar-refractivity contribution in [3.63, 3.8) is 0 Å². The van der Waals surface area contributed by atoms with E-state index in [-0.39, 0.29) is 13.2 Å². The van der Waals surface area contributed by atoms with Crippen molar-refractivity contribution in [1.29, 1.82) is 0 Å². The van der Waals surface area contributed by atoms with Crippen LogP contribution in [0.2, 0.25) is 0 Å². The van der Waals surface area contributed by atoms with Crippen LogP contribution in [0.5, 0.6) is 0 Å². The van der Waals surface area contributed by atoms with Gasteiger partial charge in [-0.25, -0.2) is 9.59 Å². The van der Waals surface area contributed by atoms with Gasteiger partial charge in [0.2, 0.25) is 5.91 Å². The first kappa shape index (κ1) is 13.2. The zero-order valence-electron chi connectivity index (χ0n) is 9.05. The Kier molecular flexibility index (Phi) is 4.70. The molecule has 0 radical (unpaired) electrons. The normalized spacial score (nSPS) is 23.1. The smallest absolute Gasteiger partial charge is 0.404 e. The minimum absolute atomic E-state index is 0.0316. The lowest BCUT2D eigenvalue weighted by Gasteiger charge is -2.11. The highest BCUT2D eigenvalue weighted by atomic mass is 16.5. The molecule has 96 valence electrons. The zero-order chi connectivity index (χ0) is 12.8. The second-order valence-corrected chi connectivity index (χ2v) is 3.49. The molecule has 1 aliphatic rings. The number of nitrogens with one attached hydrogen (secondary N) is 1. The molecule has 0 unspecified atom stereocenters. The number of aliphatic carboxylic acids is 1. The van der Waals surface area contributed by atoms with Crippen molar-refractivity contribution in [1.82, 2.24) is 5.32 Å². The lowest BCUT2D eigenvalue weighted by molar-refractivity contribution is -0.151. The average Bonchev–Trinajstić information content (AvgIpc) is 2.73. The predicted octanol–water partition coefficient (Wildman–Crippen LogP) is -1.17. The number of carboxylic acids is 1. The number of hydrogen-bond acceptors (Lipinski definition) is 5. The molecule has 17 heavy (non-hydrogen) atoms. The Morgan fingerprint density at radius 2 is 2.00 bits per heavy atom. The molecule has 2 atom stereocenters. The topological polar surface area (TPSA) is 128 Å². The van der Waals surface area contributed by atoms with Gasteiger partial charge in [0.05, 0.1) is 6.54 Å². The number of carbonyl (C=O) groups excluding carboxylic acids is 2. The van der Waals surface area contributed by atoms with Gasteiger partial charge in [0, 0.05) is 0 Å². The number of ether oxygens (including phenoxy) is 2. The molecule has 0 bridgehead atoms. The number of primary amides is 1. The third kappa shape index (κ3) is 4.27. The van der Waals surface area contributed by atoms with Crippen LogP contribution in [0.15, 0.2) is 0 Å². The summed E-state index contributed by atoms with van der Waals surface area (Å²) in [4.78, 5) is 32.2. The van der Waals surface area contributed by atoms with Crippen molar-refractivity contribution >= 4 is 18.0 Å². The first-order valence-corrected chi connectivity index (χ1v) is 5.09. The van der Waals surface area contributed by atoms with Gasteiger partial charge in [0.1, 0.15) is 12.7 Å². The molecule has 4 N–H and O–H groups in total. The summed E-state index contributed by atoms with van der Waals surface area (Å²) in [6.07, 6.45) is -1.93. The lowest BCUT2D eigenvalue weighted by atomic mass is 10.2. The maximum absolute atomic E-state index is 11.5. The number of amides is 2. The highest BCUT2D eigenvalue weighted by Crippen LogP contribution is 2.19. The molecular formula is C9H14N2O6. The Morgan fingerprint density at radius 3 is 2.53 bits per heavy atom. The van der Waals surface area contributed by atoms with Crippen molar-refractivity contribution in [2.45, 2.75) is 25.0 Å². The third-order valence-electron chi connectivity index (χ3n) is 2.23. The average molecular weight is 246 g/mol. The summed E-state index contributed by atoms with van der Waals surface area (Å²) in [5, 5.41) is 11.1. The molecule has 1 fully saturated rings. The maximum Gasteiger partial charge on any atom is 0.404 e. The number of carboxylic acid groups (broad SMARTS) is 1. The Morgan fingerprint density at radius 1 is 1.35 bits per heavy atom. The summed E-state index contributed by atoms with van der Waals surface area (Å²) >= 11 is 0. The summed E-state index contributed by atoms with van der Waals surface area (Å²) in [6.45, 7) is 0.0789. The molecule has 0 aliphatic carbocycles. The Balaban J connectivity index is 2.21. The monoisotopic (exact) mass is 246 g/mol. The quantitative estimate of drug-likeness (QED) is 0.524. The lowest BCUT2D eigenvalue weighted by Crippen LogP contribution is -2.37. The molecular weight excluding hydrogens is 232 g/mol. The number of rotatable bonds is 5. The molecule has 1 heterocycles. The third-order valence-corrected chi connectivity index (χ3v) is 2.23. The van der Waals surface area contributed by atoms with Crippen molar-refractivity contribution in [2.75, 3.05) is 13.2 Å². The van der Waals surface area contributed by atoms with Crippen molar-refractivity contribution in [2.24, 2.45) is 5.73 Å². The van der Waals surface area contributed by atoms with Crippen LogP contribution in [0.4, 0.5) is 4.79 Å². The SMILES string of the molecule is NC(=O)OCCNC(=O)[C@@H]1CC[C@H](C(=O)O)O1. The molecule has 0 aromatic heterocycles. The fourth-order valence-corrected chi connectivity index (χ4v) is 1.45. The summed E-state index contributed by atoms with van der Waals surface area (Å²) in [5.74, 6) is -1.49. The van der Waals surface area contributed by atoms with Crippen LogP contribution in [-0.2, 0) is 19.1 Å². The van der Waals surface area contributed by atoms with Crippen LogP contribution in [0.3, 0.4) is 0 Å². The van der Waals surface area contributed by atoms with Gasteiger partial charge >= 0.3 is 12.1 Å². The molecule has 8 heteroatoms. The van der Waals surface area contributed by atoms with E-state index in [2.05, 4.69) is 10.1 Å². The van der Waals surface area contributed by atoms with Crippen LogP contribution in [0.25, 0.3) is 0 Å². The van der Waals surface area contributed by atoms with E-state index in [0.29, 0.717) is 12.8 Å². The first-order valence-electron chi connectivity index (χ1n) is 5.09. The van der Waals surface area contributed by atoms with E-state index < -0.39 is 30.2 Å². The van der Waals surface area contributed by atoms with Gasteiger partial charge < -0.3 is 25.6 Å². The summed E-state index contributed by atoms with van der Waals surface area (Å²) in [7, 11) is 0. The minimum Gasteiger partial charge on any atom is -0.479 e. The van der Waals surface area contributed by atoms with E-state index >= 15 is 0 Å². The van der Waals surface area contributed by atoms with E-state index in [1.54, 1.807) is 0 Å². The Hall–Kier alpha value is -1.83. The van der Waals surface area contributed by atoms with E-state index in [4.69, 9.17) is 15.6 Å². The number of carbonyl (C=O) groups is 3. The Labute approximate surface area is 97.0 Å². The van der Waals surface area contributed by atoms with E-state index in [9.17, 15) is 14.4 Å². The second kappa shape index (κ2) is 6.04. The Bertz CT molecular complexity index is 319. The van der Waals surface area contributed by atoms with Crippen LogP contribution in [0, 0.1) is 0 Å². The van der Waals surface area contributed by atoms with Crippen LogP contribution in [0.1, 0.15) is 12.8 Å². The molecule has 1 aliphatic heterocycles. The zero-order valence-corrected chi connectivity index (χ0v) is 9.05. The molecule has 0 aromatic carbocycles. The van der Waals surface area contributed by atoms with Gasteiger partial charge in [0.25, 0.3) is 0 Å². The number of nitrogens with two attached hydrogens (primary N) is 1. The molecule has 8 nitrogen and oxygen atoms in total. The molecule has 0 saturated carbocycles. The molecule has 0 aromatic rings. The van der Waals surface area contributed by atoms with Crippen molar-refractivity contribution < 1.29 is 29.0 Å². The largest absolute Gasteiger partial charge is 0.479 e. The van der Waals surface area contributed by atoms with Crippen molar-refractivity contribution in [3.8, 4) is 0 Å². The molecule has 1 saturated heterocycles. The summed E-state index contributed by atoms with van der Waals surface area (Å²) in [6, 6.07) is 0. The molecule has 2 amide bonds. The standard InChI is InChI=1S/C9H14N2O6/c10-9(15)16-4-3-11-7(12)5-1-2-6(17-5)8(13)14/h5-6H,1-4H2,(H2,10,15)(H,11,12)(H,13,14)/t5-,6+/m0/s1. The highest BCUT2D eigenvalue weighted by Gasteiger charge is 2.34. The highest BCUT2D eigenvalue weighted by molar-refractivity contribution is 5.82. The minimum atomic E-state index is -1.07. The van der Waals surface area contributed by atoms with Gasteiger partial charge in [-0.05, 0) is 12.8 Å². The van der Waals surface area contributed by atoms with Crippen LogP contribution < -0.4 is 11.1 Å². The van der Waals surface area contributed by atoms with Gasteiger partial charge in [-0.15, -0.1) is 0 Å². The fraction of sp³-hybridized carbons (Fsp3) is 0.667. The van der Waals surface area contributed by atoms with E-state index in [1.807, 2.05) is 0 Å². The maximum atomic E-state index is 11.5. The summed E-state index contributed by atoms with van der Waals surface area (Å²) < 4.78 is 9.42. The number of hydrogen-bond donors (Lipinski definition) is 3. The van der Waals surface area contributed by atoms with Crippen molar-refractivity contribution in [3.05, 3.63) is 0 Å². The molecule has 1 rings (SSSR count). The molecule has 0 spiro atoms. The predicted molar refractivity (Wildman–Crippen MR) is 54.1 cm³/mol. The van der Waals surface area contributed by atoms with E-state index in [0.717, 1.165) is 0 Å². The summed E-state index contributed by atoms with van der Waals surface area (Å²) in [5.41, 5.74) is 4.72. The van der Waals surface area contributed by atoms with Gasteiger partial charge in [-0.2, -0.15) is 0 Å². The first-order chi connectivity index (χ1) is 8.00. The second-order valence-electron chi connectivity index (χ2n) is 3.49. The fourth-order valence-electron chi connectivity index (χ4n) is 1.45. The van der Waals surface area contributed by atoms with Gasteiger partial charge in [-0.3, -0.25) is 4.79 Å². The van der Waals surface area contributed by atoms with Gasteiger partial charge in [-0.1, -0.05) is 0 Å². The van der Waals surface area contributed by atoms with Crippen LogP contribution in [-0.4, -0.2) is 48.4 Å². The van der Waals surface area contributed by atoms with E-state index in [1.165, 1.54) is 0 Å². The van der Waals surface area contributed by atoms with Crippen LogP contribution >= 0.6 is 0 Å².